The lowest BCUT2D eigenvalue weighted by Gasteiger charge is -2.13. The quantitative estimate of drug-likeness (QED) is 0.711. The van der Waals surface area contributed by atoms with E-state index in [4.69, 9.17) is 18.9 Å². The Morgan fingerprint density at radius 2 is 1.59 bits per heavy atom. The summed E-state index contributed by atoms with van der Waals surface area (Å²) in [6.07, 6.45) is 0. The van der Waals surface area contributed by atoms with Crippen molar-refractivity contribution < 1.29 is 32.9 Å². The van der Waals surface area contributed by atoms with E-state index in [0.29, 0.717) is 17.1 Å². The zero-order chi connectivity index (χ0) is 19.8. The van der Waals surface area contributed by atoms with E-state index < -0.39 is 24.3 Å². The first-order chi connectivity index (χ1) is 13.0. The number of methoxy groups -OCH3 is 3. The van der Waals surface area contributed by atoms with Gasteiger partial charge in [-0.3, -0.25) is 4.79 Å². The summed E-state index contributed by atoms with van der Waals surface area (Å²) >= 11 is 0. The molecule has 2 rings (SSSR count). The number of hydrogen-bond donors (Lipinski definition) is 1. The third kappa shape index (κ3) is 5.10. The van der Waals surface area contributed by atoms with Crippen LogP contribution in [0.1, 0.15) is 15.9 Å². The number of carbonyl (C=O) groups excluding carboxylic acids is 2. The molecule has 8 heteroatoms. The summed E-state index contributed by atoms with van der Waals surface area (Å²) < 4.78 is 34.0. The number of benzene rings is 2. The summed E-state index contributed by atoms with van der Waals surface area (Å²) in [5.41, 5.74) is 0.413. The Balaban J connectivity index is 1.98. The Hall–Kier alpha value is -3.29. The molecule has 0 aromatic heterocycles. The molecule has 7 nitrogen and oxygen atoms in total. The largest absolute Gasteiger partial charge is 0.496 e. The zero-order valence-corrected chi connectivity index (χ0v) is 15.2. The molecule has 0 aliphatic carbocycles. The first-order valence-corrected chi connectivity index (χ1v) is 7.97. The van der Waals surface area contributed by atoms with Crippen LogP contribution in [0, 0.1) is 5.82 Å². The van der Waals surface area contributed by atoms with Crippen LogP contribution in [0.2, 0.25) is 0 Å². The third-order valence-electron chi connectivity index (χ3n) is 3.69. The zero-order valence-electron chi connectivity index (χ0n) is 15.2. The van der Waals surface area contributed by atoms with Gasteiger partial charge in [-0.15, -0.1) is 0 Å². The molecule has 0 fully saturated rings. The minimum absolute atomic E-state index is 0.0112. The van der Waals surface area contributed by atoms with Crippen molar-refractivity contribution in [2.24, 2.45) is 0 Å². The number of nitrogens with one attached hydrogen (secondary N) is 1. The van der Waals surface area contributed by atoms with E-state index >= 15 is 0 Å². The molecule has 0 spiro atoms. The van der Waals surface area contributed by atoms with Crippen LogP contribution in [-0.4, -0.2) is 39.8 Å². The molecule has 2 aromatic rings. The Morgan fingerprint density at radius 1 is 0.963 bits per heavy atom. The van der Waals surface area contributed by atoms with Gasteiger partial charge in [-0.25, -0.2) is 9.18 Å². The van der Waals surface area contributed by atoms with Gasteiger partial charge in [0.15, 0.2) is 18.1 Å². The number of carbonyl (C=O) groups is 2. The maximum Gasteiger partial charge on any atom is 0.342 e. The fourth-order valence-electron chi connectivity index (χ4n) is 2.28. The molecule has 0 saturated heterocycles. The van der Waals surface area contributed by atoms with Crippen LogP contribution in [0.4, 0.5) is 4.39 Å². The van der Waals surface area contributed by atoms with Crippen molar-refractivity contribution >= 4 is 11.9 Å². The Morgan fingerprint density at radius 3 is 2.22 bits per heavy atom. The second-order valence-corrected chi connectivity index (χ2v) is 5.35. The molecule has 1 amide bonds. The Kier molecular flexibility index (Phi) is 6.99. The highest BCUT2D eigenvalue weighted by atomic mass is 19.1. The molecule has 0 radical (unpaired) electrons. The highest BCUT2D eigenvalue weighted by Gasteiger charge is 2.20. The van der Waals surface area contributed by atoms with Crippen molar-refractivity contribution in [2.45, 2.75) is 6.54 Å². The molecule has 2 aromatic carbocycles. The van der Waals surface area contributed by atoms with Crippen LogP contribution < -0.4 is 19.5 Å². The molecule has 0 saturated carbocycles. The molecule has 0 bridgehead atoms. The lowest BCUT2D eigenvalue weighted by Crippen LogP contribution is -2.28. The smallest absolute Gasteiger partial charge is 0.342 e. The summed E-state index contributed by atoms with van der Waals surface area (Å²) in [6.45, 7) is -0.534. The van der Waals surface area contributed by atoms with Crippen LogP contribution in [0.3, 0.4) is 0 Å². The van der Waals surface area contributed by atoms with E-state index in [9.17, 15) is 14.0 Å². The van der Waals surface area contributed by atoms with Crippen molar-refractivity contribution in [2.75, 3.05) is 27.9 Å². The normalized spacial score (nSPS) is 10.1. The molecule has 0 aliphatic heterocycles. The number of halogens is 1. The predicted octanol–water partition coefficient (Wildman–Crippen LogP) is 2.32. The second kappa shape index (κ2) is 9.42. The van der Waals surface area contributed by atoms with Crippen LogP contribution in [-0.2, 0) is 16.1 Å². The van der Waals surface area contributed by atoms with Gasteiger partial charge in [0, 0.05) is 24.2 Å². The SMILES string of the molecule is COc1cc(OC)c(C(=O)OCC(=O)NCc2ccccc2F)cc1OC. The molecule has 0 aliphatic rings. The molecule has 27 heavy (non-hydrogen) atoms. The molecule has 144 valence electrons. The number of ether oxygens (including phenoxy) is 4. The third-order valence-corrected chi connectivity index (χ3v) is 3.69. The molecule has 0 heterocycles. The molecule has 0 unspecified atom stereocenters. The lowest BCUT2D eigenvalue weighted by atomic mass is 10.1. The number of rotatable bonds is 8. The number of esters is 1. The highest BCUT2D eigenvalue weighted by molar-refractivity contribution is 5.95. The highest BCUT2D eigenvalue weighted by Crippen LogP contribution is 2.34. The summed E-state index contributed by atoms with van der Waals surface area (Å²) in [4.78, 5) is 24.1. The van der Waals surface area contributed by atoms with Crippen molar-refractivity contribution in [3.8, 4) is 17.2 Å². The number of amides is 1. The van der Waals surface area contributed by atoms with Crippen molar-refractivity contribution in [3.63, 3.8) is 0 Å². The molecular weight excluding hydrogens is 357 g/mol. The van der Waals surface area contributed by atoms with Gasteiger partial charge >= 0.3 is 5.97 Å². The summed E-state index contributed by atoms with van der Waals surface area (Å²) in [6, 6.07) is 8.94. The maximum atomic E-state index is 13.5. The van der Waals surface area contributed by atoms with Gasteiger partial charge in [-0.1, -0.05) is 18.2 Å². The maximum absolute atomic E-state index is 13.5. The fraction of sp³-hybridized carbons (Fsp3) is 0.263. The van der Waals surface area contributed by atoms with Gasteiger partial charge in [-0.2, -0.15) is 0 Å². The topological polar surface area (TPSA) is 83.1 Å². The van der Waals surface area contributed by atoms with E-state index in [1.54, 1.807) is 18.2 Å². The number of hydrogen-bond acceptors (Lipinski definition) is 6. The van der Waals surface area contributed by atoms with E-state index in [1.807, 2.05) is 0 Å². The fourth-order valence-corrected chi connectivity index (χ4v) is 2.28. The Bertz CT molecular complexity index is 824. The van der Waals surface area contributed by atoms with Crippen LogP contribution in [0.5, 0.6) is 17.2 Å². The van der Waals surface area contributed by atoms with Crippen molar-refractivity contribution in [3.05, 3.63) is 53.3 Å². The first-order valence-electron chi connectivity index (χ1n) is 7.97. The van der Waals surface area contributed by atoms with Gasteiger partial charge in [0.2, 0.25) is 0 Å². The predicted molar refractivity (Wildman–Crippen MR) is 94.6 cm³/mol. The minimum Gasteiger partial charge on any atom is -0.496 e. The van der Waals surface area contributed by atoms with Gasteiger partial charge in [0.25, 0.3) is 5.91 Å². The minimum atomic E-state index is -0.770. The van der Waals surface area contributed by atoms with E-state index in [-0.39, 0.29) is 17.9 Å². The van der Waals surface area contributed by atoms with Gasteiger partial charge in [-0.05, 0) is 6.07 Å². The van der Waals surface area contributed by atoms with Gasteiger partial charge in [0.1, 0.15) is 17.1 Å². The standard InChI is InChI=1S/C19H20FNO6/c1-24-15-9-17(26-3)16(25-2)8-13(15)19(23)27-11-18(22)21-10-12-6-4-5-7-14(12)20/h4-9H,10-11H2,1-3H3,(H,21,22). The van der Waals surface area contributed by atoms with Crippen molar-refractivity contribution in [1.82, 2.24) is 5.32 Å². The first kappa shape index (κ1) is 20.0. The molecule has 1 N–H and O–H groups in total. The summed E-state index contributed by atoms with van der Waals surface area (Å²) in [5.74, 6) is -0.850. The molecular formula is C19H20FNO6. The average molecular weight is 377 g/mol. The average Bonchev–Trinajstić information content (AvgIpc) is 2.70. The lowest BCUT2D eigenvalue weighted by molar-refractivity contribution is -0.124. The monoisotopic (exact) mass is 377 g/mol. The Labute approximate surface area is 156 Å². The molecule has 0 atom stereocenters. The summed E-state index contributed by atoms with van der Waals surface area (Å²) in [5, 5.41) is 2.48. The van der Waals surface area contributed by atoms with Crippen LogP contribution in [0.15, 0.2) is 36.4 Å². The van der Waals surface area contributed by atoms with Crippen molar-refractivity contribution in [1.29, 1.82) is 0 Å². The van der Waals surface area contributed by atoms with Gasteiger partial charge in [0.05, 0.1) is 21.3 Å². The van der Waals surface area contributed by atoms with E-state index in [2.05, 4.69) is 5.32 Å². The van der Waals surface area contributed by atoms with Gasteiger partial charge < -0.3 is 24.3 Å². The van der Waals surface area contributed by atoms with Crippen LogP contribution >= 0.6 is 0 Å². The summed E-state index contributed by atoms with van der Waals surface area (Å²) in [7, 11) is 4.27. The van der Waals surface area contributed by atoms with E-state index in [0.717, 1.165) is 0 Å². The van der Waals surface area contributed by atoms with Crippen LogP contribution in [0.25, 0.3) is 0 Å². The second-order valence-electron chi connectivity index (χ2n) is 5.35. The van der Waals surface area contributed by atoms with E-state index in [1.165, 1.54) is 39.5 Å².